The average molecular weight is 282 g/mol. The summed E-state index contributed by atoms with van der Waals surface area (Å²) in [5.41, 5.74) is 3.78. The van der Waals surface area contributed by atoms with Crippen molar-refractivity contribution in [2.45, 2.75) is 45.2 Å². The highest BCUT2D eigenvalue weighted by Crippen LogP contribution is 2.26. The highest BCUT2D eigenvalue weighted by molar-refractivity contribution is 6.30. The molecule has 0 aliphatic carbocycles. The molecule has 1 aliphatic heterocycles. The first-order valence-electron chi connectivity index (χ1n) is 6.76. The lowest BCUT2D eigenvalue weighted by molar-refractivity contribution is 0.241. The number of hydrogen-bond donors (Lipinski definition) is 2. The number of urea groups is 1. The van der Waals surface area contributed by atoms with Crippen molar-refractivity contribution in [2.75, 3.05) is 5.01 Å². The molecule has 4 nitrogen and oxygen atoms in total. The molecule has 0 bridgehead atoms. The molecule has 1 aromatic carbocycles. The average Bonchev–Trinajstić information content (AvgIpc) is 2.75. The molecule has 1 saturated heterocycles. The second kappa shape index (κ2) is 5.80. The van der Waals surface area contributed by atoms with E-state index in [4.69, 9.17) is 11.6 Å². The molecule has 1 heterocycles. The number of unbranched alkanes of at least 4 members (excludes halogenated alkanes) is 1. The molecule has 1 unspecified atom stereocenters. The largest absolute Gasteiger partial charge is 0.338 e. The zero-order chi connectivity index (χ0) is 13.9. The van der Waals surface area contributed by atoms with Crippen molar-refractivity contribution < 1.29 is 4.79 Å². The fourth-order valence-corrected chi connectivity index (χ4v) is 2.39. The van der Waals surface area contributed by atoms with Crippen molar-refractivity contribution in [1.29, 1.82) is 0 Å². The minimum atomic E-state index is -0.327. The van der Waals surface area contributed by atoms with E-state index < -0.39 is 0 Å². The maximum atomic E-state index is 12.1. The highest BCUT2D eigenvalue weighted by Gasteiger charge is 2.40. The normalized spacial score (nSPS) is 22.7. The van der Waals surface area contributed by atoms with Crippen LogP contribution < -0.4 is 15.8 Å². The Kier molecular flexibility index (Phi) is 4.32. The van der Waals surface area contributed by atoms with Gasteiger partial charge in [-0.25, -0.2) is 15.2 Å². The summed E-state index contributed by atoms with van der Waals surface area (Å²) in [5.74, 6) is 0. The number of hydrazine groups is 1. The van der Waals surface area contributed by atoms with Gasteiger partial charge in [-0.2, -0.15) is 0 Å². The van der Waals surface area contributed by atoms with Gasteiger partial charge in [0.05, 0.1) is 5.69 Å². The van der Waals surface area contributed by atoms with Crippen LogP contribution in [0.4, 0.5) is 10.5 Å². The second-order valence-corrected chi connectivity index (χ2v) is 5.33. The SMILES string of the molecule is CCCCC1(CC)NC(=O)N(c2ccc(Cl)cc2)N1. The molecule has 0 spiro atoms. The van der Waals surface area contributed by atoms with E-state index >= 15 is 0 Å². The van der Waals surface area contributed by atoms with Crippen LogP contribution in [0.1, 0.15) is 39.5 Å². The van der Waals surface area contributed by atoms with Gasteiger partial charge in [0.25, 0.3) is 0 Å². The molecule has 1 atom stereocenters. The molecule has 2 amide bonds. The fraction of sp³-hybridized carbons (Fsp3) is 0.500. The van der Waals surface area contributed by atoms with Crippen LogP contribution in [0.2, 0.25) is 5.02 Å². The monoisotopic (exact) mass is 281 g/mol. The maximum absolute atomic E-state index is 12.1. The highest BCUT2D eigenvalue weighted by atomic mass is 35.5. The van der Waals surface area contributed by atoms with Crippen LogP contribution in [0.3, 0.4) is 0 Å². The third kappa shape index (κ3) is 3.01. The van der Waals surface area contributed by atoms with Gasteiger partial charge in [-0.3, -0.25) is 0 Å². The Morgan fingerprint density at radius 1 is 1.26 bits per heavy atom. The molecule has 1 aromatic rings. The molecule has 0 radical (unpaired) electrons. The Morgan fingerprint density at radius 2 is 1.95 bits per heavy atom. The molecule has 104 valence electrons. The lowest BCUT2D eigenvalue weighted by Crippen LogP contribution is -2.50. The van der Waals surface area contributed by atoms with Crippen LogP contribution in [0.5, 0.6) is 0 Å². The van der Waals surface area contributed by atoms with Gasteiger partial charge >= 0.3 is 6.03 Å². The fourth-order valence-electron chi connectivity index (χ4n) is 2.27. The third-order valence-corrected chi connectivity index (χ3v) is 3.77. The van der Waals surface area contributed by atoms with Gasteiger partial charge in [0.2, 0.25) is 0 Å². The van der Waals surface area contributed by atoms with E-state index in [-0.39, 0.29) is 11.7 Å². The second-order valence-electron chi connectivity index (χ2n) is 4.89. The minimum absolute atomic E-state index is 0.111. The Bertz CT molecular complexity index is 449. The van der Waals surface area contributed by atoms with Crippen LogP contribution in [0, 0.1) is 0 Å². The number of nitrogens with zero attached hydrogens (tertiary/aromatic N) is 1. The molecule has 5 heteroatoms. The van der Waals surface area contributed by atoms with E-state index in [9.17, 15) is 4.79 Å². The van der Waals surface area contributed by atoms with Gasteiger partial charge in [-0.05, 0) is 43.5 Å². The van der Waals surface area contributed by atoms with E-state index in [0.717, 1.165) is 31.4 Å². The number of carbonyl (C=O) groups excluding carboxylic acids is 1. The molecule has 19 heavy (non-hydrogen) atoms. The van der Waals surface area contributed by atoms with Crippen LogP contribution >= 0.6 is 11.6 Å². The molecular formula is C14H20ClN3O. The molecule has 0 saturated carbocycles. The number of halogens is 1. The van der Waals surface area contributed by atoms with E-state index in [1.165, 1.54) is 0 Å². The van der Waals surface area contributed by atoms with E-state index in [0.29, 0.717) is 5.02 Å². The molecule has 1 fully saturated rings. The number of rotatable bonds is 5. The summed E-state index contributed by atoms with van der Waals surface area (Å²) in [4.78, 5) is 12.1. The van der Waals surface area contributed by atoms with Gasteiger partial charge in [0.15, 0.2) is 0 Å². The summed E-state index contributed by atoms with van der Waals surface area (Å²) in [6, 6.07) is 7.12. The zero-order valence-electron chi connectivity index (χ0n) is 11.4. The van der Waals surface area contributed by atoms with Crippen molar-refractivity contribution in [3.63, 3.8) is 0 Å². The zero-order valence-corrected chi connectivity index (χ0v) is 12.1. The smallest absolute Gasteiger partial charge is 0.317 e. The predicted molar refractivity (Wildman–Crippen MR) is 78.1 cm³/mol. The number of hydrogen-bond acceptors (Lipinski definition) is 2. The first kappa shape index (κ1) is 14.2. The Balaban J connectivity index is 2.16. The van der Waals surface area contributed by atoms with E-state index in [1.54, 1.807) is 17.1 Å². The lowest BCUT2D eigenvalue weighted by atomic mass is 10.0. The van der Waals surface area contributed by atoms with Gasteiger partial charge < -0.3 is 5.32 Å². The quantitative estimate of drug-likeness (QED) is 0.865. The van der Waals surface area contributed by atoms with Crippen molar-refractivity contribution in [3.8, 4) is 0 Å². The number of benzene rings is 1. The molecular weight excluding hydrogens is 262 g/mol. The van der Waals surface area contributed by atoms with Crippen molar-refractivity contribution >= 4 is 23.3 Å². The van der Waals surface area contributed by atoms with Gasteiger partial charge in [-0.15, -0.1) is 0 Å². The summed E-state index contributed by atoms with van der Waals surface area (Å²) < 4.78 is 0. The first-order chi connectivity index (χ1) is 9.10. The van der Waals surface area contributed by atoms with Crippen molar-refractivity contribution in [3.05, 3.63) is 29.3 Å². The van der Waals surface area contributed by atoms with E-state index in [1.807, 2.05) is 12.1 Å². The van der Waals surface area contributed by atoms with Crippen LogP contribution in [0.15, 0.2) is 24.3 Å². The number of carbonyl (C=O) groups is 1. The van der Waals surface area contributed by atoms with E-state index in [2.05, 4.69) is 24.6 Å². The topological polar surface area (TPSA) is 44.4 Å². The summed E-state index contributed by atoms with van der Waals surface area (Å²) >= 11 is 5.87. The summed E-state index contributed by atoms with van der Waals surface area (Å²) in [7, 11) is 0. The molecule has 2 N–H and O–H groups in total. The summed E-state index contributed by atoms with van der Waals surface area (Å²) in [6.07, 6.45) is 3.97. The Hall–Kier alpha value is -1.26. The Morgan fingerprint density at radius 3 is 2.53 bits per heavy atom. The molecule has 1 aliphatic rings. The standard InChI is InChI=1S/C14H20ClN3O/c1-3-5-10-14(4-2)16-13(19)18(17-14)12-8-6-11(15)7-9-12/h6-9,17H,3-5,10H2,1-2H3,(H,16,19). The first-order valence-corrected chi connectivity index (χ1v) is 7.13. The summed E-state index contributed by atoms with van der Waals surface area (Å²) in [6.45, 7) is 4.23. The van der Waals surface area contributed by atoms with Gasteiger partial charge in [-0.1, -0.05) is 31.9 Å². The predicted octanol–water partition coefficient (Wildman–Crippen LogP) is 3.67. The van der Waals surface area contributed by atoms with Gasteiger partial charge in [0.1, 0.15) is 5.66 Å². The van der Waals surface area contributed by atoms with Crippen LogP contribution in [-0.2, 0) is 0 Å². The molecule has 0 aromatic heterocycles. The van der Waals surface area contributed by atoms with Crippen molar-refractivity contribution in [2.24, 2.45) is 0 Å². The number of anilines is 1. The Labute approximate surface area is 119 Å². The number of amides is 2. The van der Waals surface area contributed by atoms with Crippen LogP contribution in [0.25, 0.3) is 0 Å². The lowest BCUT2D eigenvalue weighted by Gasteiger charge is -2.28. The summed E-state index contributed by atoms with van der Waals surface area (Å²) in [5, 5.41) is 5.29. The minimum Gasteiger partial charge on any atom is -0.317 e. The molecule has 2 rings (SSSR count). The van der Waals surface area contributed by atoms with Crippen molar-refractivity contribution in [1.82, 2.24) is 10.7 Å². The third-order valence-electron chi connectivity index (χ3n) is 3.52. The van der Waals surface area contributed by atoms with Crippen LogP contribution in [-0.4, -0.2) is 11.7 Å². The van der Waals surface area contributed by atoms with Gasteiger partial charge in [0, 0.05) is 5.02 Å². The number of nitrogens with one attached hydrogen (secondary N) is 2. The maximum Gasteiger partial charge on any atom is 0.338 e.